The predicted octanol–water partition coefficient (Wildman–Crippen LogP) is 2.71. The standard InChI is InChI=1S/C23H32N4O4S/c1-4-20-19(21(5-2)27(24-20)32(3,30)31)14-16-26-15-6-7-22(26)18-11-8-17(9-12-18)10-13-23(28)25-29/h8-13,22,29H,4-7,14-16H2,1-3H3,(H,25,28)/b13-10+. The molecule has 1 aliphatic heterocycles. The third-order valence-corrected chi connectivity index (χ3v) is 6.92. The zero-order valence-corrected chi connectivity index (χ0v) is 19.7. The zero-order valence-electron chi connectivity index (χ0n) is 18.9. The van der Waals surface area contributed by atoms with Crippen LogP contribution in [0.4, 0.5) is 0 Å². The molecule has 0 aliphatic carbocycles. The fourth-order valence-corrected chi connectivity index (χ4v) is 5.36. The van der Waals surface area contributed by atoms with Crippen molar-refractivity contribution in [2.24, 2.45) is 0 Å². The first-order valence-corrected chi connectivity index (χ1v) is 12.9. The Balaban J connectivity index is 1.74. The van der Waals surface area contributed by atoms with Crippen molar-refractivity contribution in [3.8, 4) is 0 Å². The zero-order chi connectivity index (χ0) is 23.3. The second-order valence-electron chi connectivity index (χ2n) is 8.11. The lowest BCUT2D eigenvalue weighted by molar-refractivity contribution is -0.124. The summed E-state index contributed by atoms with van der Waals surface area (Å²) in [6.45, 7) is 5.84. The van der Waals surface area contributed by atoms with Crippen molar-refractivity contribution in [2.75, 3.05) is 19.3 Å². The van der Waals surface area contributed by atoms with Crippen LogP contribution in [-0.4, -0.2) is 53.0 Å². The molecule has 9 heteroatoms. The van der Waals surface area contributed by atoms with E-state index in [1.54, 1.807) is 11.6 Å². The van der Waals surface area contributed by atoms with Crippen molar-refractivity contribution in [2.45, 2.75) is 52.0 Å². The van der Waals surface area contributed by atoms with E-state index in [9.17, 15) is 13.2 Å². The van der Waals surface area contributed by atoms with Gasteiger partial charge < -0.3 is 0 Å². The number of benzene rings is 1. The van der Waals surface area contributed by atoms with Crippen LogP contribution < -0.4 is 5.48 Å². The Labute approximate surface area is 189 Å². The Morgan fingerprint density at radius 3 is 2.56 bits per heavy atom. The Morgan fingerprint density at radius 1 is 1.25 bits per heavy atom. The highest BCUT2D eigenvalue weighted by atomic mass is 32.2. The summed E-state index contributed by atoms with van der Waals surface area (Å²) >= 11 is 0. The van der Waals surface area contributed by atoms with Gasteiger partial charge in [-0.3, -0.25) is 14.9 Å². The van der Waals surface area contributed by atoms with Crippen LogP contribution in [0.25, 0.3) is 6.08 Å². The molecule has 0 spiro atoms. The average Bonchev–Trinajstić information content (AvgIpc) is 3.40. The van der Waals surface area contributed by atoms with E-state index in [0.29, 0.717) is 18.9 Å². The number of likely N-dealkylation sites (tertiary alicyclic amines) is 1. The predicted molar refractivity (Wildman–Crippen MR) is 124 cm³/mol. The fraction of sp³-hybridized carbons (Fsp3) is 0.478. The van der Waals surface area contributed by atoms with Crippen molar-refractivity contribution in [3.05, 3.63) is 58.4 Å². The van der Waals surface area contributed by atoms with Gasteiger partial charge in [0.25, 0.3) is 15.9 Å². The van der Waals surface area contributed by atoms with Crippen LogP contribution in [0.1, 0.15) is 60.8 Å². The van der Waals surface area contributed by atoms with Gasteiger partial charge >= 0.3 is 0 Å². The van der Waals surface area contributed by atoms with Gasteiger partial charge in [-0.25, -0.2) is 13.9 Å². The molecule has 174 valence electrons. The molecule has 1 amide bonds. The number of carbonyl (C=O) groups is 1. The van der Waals surface area contributed by atoms with Gasteiger partial charge in [0.2, 0.25) is 0 Å². The minimum atomic E-state index is -3.42. The first-order valence-electron chi connectivity index (χ1n) is 11.0. The van der Waals surface area contributed by atoms with E-state index in [-0.39, 0.29) is 0 Å². The lowest BCUT2D eigenvalue weighted by Gasteiger charge is -2.25. The molecule has 32 heavy (non-hydrogen) atoms. The maximum atomic E-state index is 12.2. The van der Waals surface area contributed by atoms with E-state index in [4.69, 9.17) is 5.21 Å². The third kappa shape index (κ3) is 5.46. The van der Waals surface area contributed by atoms with Crippen LogP contribution >= 0.6 is 0 Å². The molecule has 1 atom stereocenters. The van der Waals surface area contributed by atoms with Gasteiger partial charge in [-0.1, -0.05) is 38.1 Å². The second-order valence-corrected chi connectivity index (χ2v) is 9.92. The summed E-state index contributed by atoms with van der Waals surface area (Å²) in [7, 11) is -3.42. The molecule has 0 radical (unpaired) electrons. The van der Waals surface area contributed by atoms with E-state index in [0.717, 1.165) is 54.9 Å². The lowest BCUT2D eigenvalue weighted by atomic mass is 10.0. The fourth-order valence-electron chi connectivity index (χ4n) is 4.47. The second kappa shape index (κ2) is 10.4. The van der Waals surface area contributed by atoms with E-state index in [2.05, 4.69) is 22.1 Å². The molecular weight excluding hydrogens is 428 g/mol. The normalized spacial score (nSPS) is 17.3. The number of aryl methyl sites for hydroxylation is 1. The molecule has 1 aromatic carbocycles. The largest absolute Gasteiger partial charge is 0.296 e. The summed E-state index contributed by atoms with van der Waals surface area (Å²) in [5.74, 6) is -0.562. The van der Waals surface area contributed by atoms with Crippen molar-refractivity contribution >= 4 is 22.0 Å². The molecule has 1 fully saturated rings. The summed E-state index contributed by atoms with van der Waals surface area (Å²) in [5, 5.41) is 13.0. The number of rotatable bonds is 9. The molecule has 2 aromatic rings. The summed E-state index contributed by atoms with van der Waals surface area (Å²) in [6, 6.07) is 8.40. The van der Waals surface area contributed by atoms with Crippen LogP contribution in [0.2, 0.25) is 0 Å². The van der Waals surface area contributed by atoms with Crippen molar-refractivity contribution in [1.82, 2.24) is 19.6 Å². The third-order valence-electron chi connectivity index (χ3n) is 5.99. The monoisotopic (exact) mass is 460 g/mol. The highest BCUT2D eigenvalue weighted by Crippen LogP contribution is 2.32. The van der Waals surface area contributed by atoms with E-state index < -0.39 is 15.9 Å². The smallest absolute Gasteiger partial charge is 0.267 e. The summed E-state index contributed by atoms with van der Waals surface area (Å²) in [4.78, 5) is 13.6. The van der Waals surface area contributed by atoms with Gasteiger partial charge in [0.05, 0.1) is 17.6 Å². The van der Waals surface area contributed by atoms with Crippen molar-refractivity contribution < 1.29 is 18.4 Å². The molecule has 1 aliphatic rings. The number of nitrogens with zero attached hydrogens (tertiary/aromatic N) is 3. The number of hydrogen-bond acceptors (Lipinski definition) is 6. The van der Waals surface area contributed by atoms with E-state index >= 15 is 0 Å². The SMILES string of the molecule is CCc1nn(S(C)(=O)=O)c(CC)c1CCN1CCCC1c1ccc(/C=C/C(=O)NO)cc1. The van der Waals surface area contributed by atoms with Crippen LogP contribution in [0.3, 0.4) is 0 Å². The number of nitrogens with one attached hydrogen (secondary N) is 1. The summed E-state index contributed by atoms with van der Waals surface area (Å²) < 4.78 is 25.6. The molecule has 1 saturated heterocycles. The lowest BCUT2D eigenvalue weighted by Crippen LogP contribution is -2.26. The molecule has 3 rings (SSSR count). The van der Waals surface area contributed by atoms with Gasteiger partial charge in [0.1, 0.15) is 0 Å². The molecule has 1 unspecified atom stereocenters. The Morgan fingerprint density at radius 2 is 1.97 bits per heavy atom. The average molecular weight is 461 g/mol. The van der Waals surface area contributed by atoms with Crippen LogP contribution in [0.5, 0.6) is 0 Å². The van der Waals surface area contributed by atoms with E-state index in [1.807, 2.05) is 26.0 Å². The highest BCUT2D eigenvalue weighted by Gasteiger charge is 2.27. The summed E-state index contributed by atoms with van der Waals surface area (Å²) in [6.07, 6.45) is 8.44. The number of hydroxylamine groups is 1. The van der Waals surface area contributed by atoms with Crippen LogP contribution in [-0.2, 0) is 34.1 Å². The quantitative estimate of drug-likeness (QED) is 0.339. The highest BCUT2D eigenvalue weighted by molar-refractivity contribution is 7.89. The minimum Gasteiger partial charge on any atom is -0.296 e. The van der Waals surface area contributed by atoms with Gasteiger partial charge in [0, 0.05) is 18.7 Å². The maximum Gasteiger partial charge on any atom is 0.267 e. The molecule has 2 heterocycles. The Hall–Kier alpha value is -2.49. The number of hydrogen-bond donors (Lipinski definition) is 2. The molecular formula is C23H32N4O4S. The minimum absolute atomic E-state index is 0.314. The number of aromatic nitrogens is 2. The topological polar surface area (TPSA) is 105 Å². The van der Waals surface area contributed by atoms with Gasteiger partial charge in [-0.2, -0.15) is 9.19 Å². The van der Waals surface area contributed by atoms with Crippen LogP contribution in [0.15, 0.2) is 30.3 Å². The molecule has 0 saturated carbocycles. The molecule has 1 aromatic heterocycles. The van der Waals surface area contributed by atoms with Gasteiger partial charge in [-0.15, -0.1) is 0 Å². The van der Waals surface area contributed by atoms with Gasteiger partial charge in [0.15, 0.2) is 0 Å². The molecule has 8 nitrogen and oxygen atoms in total. The maximum absolute atomic E-state index is 12.2. The number of carbonyl (C=O) groups excluding carboxylic acids is 1. The first kappa shape index (κ1) is 24.2. The Bertz CT molecular complexity index is 1070. The summed E-state index contributed by atoms with van der Waals surface area (Å²) in [5.41, 5.74) is 6.41. The molecule has 2 N–H and O–H groups in total. The molecule has 0 bridgehead atoms. The van der Waals surface area contributed by atoms with Gasteiger partial charge in [-0.05, 0) is 61.4 Å². The van der Waals surface area contributed by atoms with Crippen molar-refractivity contribution in [3.63, 3.8) is 0 Å². The number of amides is 1. The van der Waals surface area contributed by atoms with E-state index in [1.165, 1.54) is 22.0 Å². The Kier molecular flexibility index (Phi) is 7.86. The van der Waals surface area contributed by atoms with Crippen molar-refractivity contribution in [1.29, 1.82) is 0 Å². The first-order chi connectivity index (χ1) is 15.3. The van der Waals surface area contributed by atoms with Crippen LogP contribution in [0, 0.1) is 0 Å².